The SMILES string of the molecule is C#C/C(C)=C\c1ccc(Cl)cc1C. The Balaban J connectivity index is 3.12. The number of hydrogen-bond acceptors (Lipinski definition) is 0. The van der Waals surface area contributed by atoms with Gasteiger partial charge in [0.25, 0.3) is 0 Å². The molecule has 66 valence electrons. The first kappa shape index (κ1) is 9.89. The molecule has 0 aliphatic rings. The normalized spacial score (nSPS) is 11.1. The summed E-state index contributed by atoms with van der Waals surface area (Å²) in [4.78, 5) is 0. The van der Waals surface area contributed by atoms with Crippen molar-refractivity contribution in [3.8, 4) is 12.3 Å². The third kappa shape index (κ3) is 2.65. The zero-order valence-electron chi connectivity index (χ0n) is 7.76. The van der Waals surface area contributed by atoms with E-state index in [-0.39, 0.29) is 0 Å². The molecule has 0 bridgehead atoms. The molecule has 1 aromatic carbocycles. The van der Waals surface area contributed by atoms with Crippen molar-refractivity contribution in [2.75, 3.05) is 0 Å². The Morgan fingerprint density at radius 1 is 1.54 bits per heavy atom. The Labute approximate surface area is 84.2 Å². The van der Waals surface area contributed by atoms with E-state index in [4.69, 9.17) is 18.0 Å². The Kier molecular flexibility index (Phi) is 3.17. The van der Waals surface area contributed by atoms with E-state index in [1.165, 1.54) is 0 Å². The molecule has 0 fully saturated rings. The molecule has 13 heavy (non-hydrogen) atoms. The fraction of sp³-hybridized carbons (Fsp3) is 0.167. The molecular formula is C12H11Cl. The highest BCUT2D eigenvalue weighted by Gasteiger charge is 1.95. The third-order valence-corrected chi connectivity index (χ3v) is 2.07. The second-order valence-corrected chi connectivity index (χ2v) is 3.41. The van der Waals surface area contributed by atoms with E-state index in [1.54, 1.807) is 0 Å². The number of hydrogen-bond donors (Lipinski definition) is 0. The zero-order valence-corrected chi connectivity index (χ0v) is 8.52. The van der Waals surface area contributed by atoms with Gasteiger partial charge >= 0.3 is 0 Å². The molecule has 0 atom stereocenters. The molecule has 0 N–H and O–H groups in total. The summed E-state index contributed by atoms with van der Waals surface area (Å²) in [7, 11) is 0. The van der Waals surface area contributed by atoms with Crippen molar-refractivity contribution in [1.82, 2.24) is 0 Å². The minimum absolute atomic E-state index is 0.757. The van der Waals surface area contributed by atoms with Crippen LogP contribution in [0.2, 0.25) is 5.02 Å². The van der Waals surface area contributed by atoms with E-state index in [9.17, 15) is 0 Å². The first-order valence-corrected chi connectivity index (χ1v) is 4.42. The van der Waals surface area contributed by atoms with Crippen LogP contribution in [0.1, 0.15) is 18.1 Å². The molecule has 0 saturated heterocycles. The van der Waals surface area contributed by atoms with Gasteiger partial charge in [0.05, 0.1) is 0 Å². The summed E-state index contributed by atoms with van der Waals surface area (Å²) in [6.07, 6.45) is 7.23. The lowest BCUT2D eigenvalue weighted by atomic mass is 10.1. The number of allylic oxidation sites excluding steroid dienone is 1. The van der Waals surface area contributed by atoms with Crippen molar-refractivity contribution in [3.63, 3.8) is 0 Å². The molecule has 0 unspecified atom stereocenters. The molecule has 0 aliphatic carbocycles. The maximum atomic E-state index is 5.83. The Morgan fingerprint density at radius 2 is 2.23 bits per heavy atom. The van der Waals surface area contributed by atoms with E-state index >= 15 is 0 Å². The second-order valence-electron chi connectivity index (χ2n) is 2.97. The minimum Gasteiger partial charge on any atom is -0.115 e. The van der Waals surface area contributed by atoms with Gasteiger partial charge in [-0.05, 0) is 48.8 Å². The number of benzene rings is 1. The van der Waals surface area contributed by atoms with Crippen molar-refractivity contribution in [2.45, 2.75) is 13.8 Å². The van der Waals surface area contributed by atoms with Gasteiger partial charge < -0.3 is 0 Å². The van der Waals surface area contributed by atoms with Gasteiger partial charge in [0.15, 0.2) is 0 Å². The predicted octanol–water partition coefficient (Wildman–Crippen LogP) is 3.68. The van der Waals surface area contributed by atoms with Gasteiger partial charge in [-0.1, -0.05) is 23.6 Å². The highest BCUT2D eigenvalue weighted by atomic mass is 35.5. The van der Waals surface area contributed by atoms with Crippen LogP contribution in [0.4, 0.5) is 0 Å². The van der Waals surface area contributed by atoms with Gasteiger partial charge in [0.2, 0.25) is 0 Å². The van der Waals surface area contributed by atoms with E-state index in [0.717, 1.165) is 21.7 Å². The third-order valence-electron chi connectivity index (χ3n) is 1.83. The zero-order chi connectivity index (χ0) is 9.84. The Bertz CT molecular complexity index is 381. The number of terminal acetylenes is 1. The van der Waals surface area contributed by atoms with Crippen LogP contribution >= 0.6 is 11.6 Å². The van der Waals surface area contributed by atoms with Gasteiger partial charge in [-0.3, -0.25) is 0 Å². The maximum Gasteiger partial charge on any atom is 0.0409 e. The molecule has 1 heteroatoms. The lowest BCUT2D eigenvalue weighted by Gasteiger charge is -2.00. The Hall–Kier alpha value is -1.19. The molecule has 0 amide bonds. The number of halogens is 1. The largest absolute Gasteiger partial charge is 0.115 e. The summed E-state index contributed by atoms with van der Waals surface area (Å²) in [6.45, 7) is 3.93. The van der Waals surface area contributed by atoms with E-state index in [1.807, 2.05) is 38.1 Å². The minimum atomic E-state index is 0.757. The molecule has 0 nitrogen and oxygen atoms in total. The quantitative estimate of drug-likeness (QED) is 0.593. The van der Waals surface area contributed by atoms with Crippen LogP contribution in [-0.2, 0) is 0 Å². The number of aryl methyl sites for hydroxylation is 1. The molecule has 0 aromatic heterocycles. The topological polar surface area (TPSA) is 0 Å². The maximum absolute atomic E-state index is 5.83. The summed E-state index contributed by atoms with van der Waals surface area (Å²) in [6, 6.07) is 5.76. The lowest BCUT2D eigenvalue weighted by molar-refractivity contribution is 1.43. The smallest absolute Gasteiger partial charge is 0.0409 e. The van der Waals surface area contributed by atoms with Gasteiger partial charge in [-0.25, -0.2) is 0 Å². The van der Waals surface area contributed by atoms with E-state index in [0.29, 0.717) is 0 Å². The Morgan fingerprint density at radius 3 is 2.77 bits per heavy atom. The van der Waals surface area contributed by atoms with E-state index < -0.39 is 0 Å². The molecule has 0 aliphatic heterocycles. The highest BCUT2D eigenvalue weighted by molar-refractivity contribution is 6.30. The first-order chi connectivity index (χ1) is 6.13. The van der Waals surface area contributed by atoms with Crippen molar-refractivity contribution in [1.29, 1.82) is 0 Å². The summed E-state index contributed by atoms with van der Waals surface area (Å²) >= 11 is 5.83. The number of rotatable bonds is 1. The van der Waals surface area contributed by atoms with Crippen molar-refractivity contribution in [3.05, 3.63) is 39.9 Å². The van der Waals surface area contributed by atoms with Crippen molar-refractivity contribution in [2.24, 2.45) is 0 Å². The van der Waals surface area contributed by atoms with Gasteiger partial charge in [-0.15, -0.1) is 6.42 Å². The van der Waals surface area contributed by atoms with E-state index in [2.05, 4.69) is 5.92 Å². The summed E-state index contributed by atoms with van der Waals surface area (Å²) in [5, 5.41) is 0.757. The highest BCUT2D eigenvalue weighted by Crippen LogP contribution is 2.17. The van der Waals surface area contributed by atoms with Crippen LogP contribution in [-0.4, -0.2) is 0 Å². The molecule has 1 rings (SSSR count). The standard InChI is InChI=1S/C12H11Cl/c1-4-9(2)7-11-5-6-12(13)8-10(11)3/h1,5-8H,2-3H3/b9-7-. The van der Waals surface area contributed by atoms with Gasteiger partial charge in [0, 0.05) is 5.02 Å². The van der Waals surface area contributed by atoms with Gasteiger partial charge in [-0.2, -0.15) is 0 Å². The predicted molar refractivity (Wildman–Crippen MR) is 58.7 cm³/mol. The lowest BCUT2D eigenvalue weighted by Crippen LogP contribution is -1.81. The molecule has 0 saturated carbocycles. The summed E-state index contributed by atoms with van der Waals surface area (Å²) in [5.41, 5.74) is 3.19. The second kappa shape index (κ2) is 4.16. The average Bonchev–Trinajstić information content (AvgIpc) is 2.09. The first-order valence-electron chi connectivity index (χ1n) is 4.04. The van der Waals surface area contributed by atoms with Crippen LogP contribution in [0.5, 0.6) is 0 Å². The van der Waals surface area contributed by atoms with Crippen LogP contribution in [0.25, 0.3) is 6.08 Å². The van der Waals surface area contributed by atoms with Crippen LogP contribution in [0, 0.1) is 19.3 Å². The van der Waals surface area contributed by atoms with Crippen LogP contribution in [0.3, 0.4) is 0 Å². The molecule has 0 spiro atoms. The fourth-order valence-corrected chi connectivity index (χ4v) is 1.30. The average molecular weight is 191 g/mol. The fourth-order valence-electron chi connectivity index (χ4n) is 1.08. The van der Waals surface area contributed by atoms with Crippen molar-refractivity contribution < 1.29 is 0 Å². The summed E-state index contributed by atoms with van der Waals surface area (Å²) < 4.78 is 0. The molecule has 0 radical (unpaired) electrons. The van der Waals surface area contributed by atoms with Crippen LogP contribution < -0.4 is 0 Å². The molecular weight excluding hydrogens is 180 g/mol. The van der Waals surface area contributed by atoms with Crippen molar-refractivity contribution >= 4 is 17.7 Å². The van der Waals surface area contributed by atoms with Crippen LogP contribution in [0.15, 0.2) is 23.8 Å². The van der Waals surface area contributed by atoms with Gasteiger partial charge in [0.1, 0.15) is 0 Å². The molecule has 0 heterocycles. The summed E-state index contributed by atoms with van der Waals surface area (Å²) in [5.74, 6) is 2.58. The molecule has 1 aromatic rings. The monoisotopic (exact) mass is 190 g/mol.